The van der Waals surface area contributed by atoms with Gasteiger partial charge in [-0.15, -0.1) is 11.6 Å². The Labute approximate surface area is 216 Å². The average molecular weight is 502 g/mol. The highest BCUT2D eigenvalue weighted by molar-refractivity contribution is 6.27. The molecule has 1 aromatic heterocycles. The van der Waals surface area contributed by atoms with Crippen molar-refractivity contribution in [1.82, 2.24) is 15.2 Å². The zero-order valence-corrected chi connectivity index (χ0v) is 21.4. The number of hydrogen-bond donors (Lipinski definition) is 2. The zero-order chi connectivity index (χ0) is 24.7. The number of H-pyrrole nitrogens is 1. The van der Waals surface area contributed by atoms with Crippen molar-refractivity contribution in [2.45, 2.75) is 57.0 Å². The number of benzene rings is 2. The lowest BCUT2D eigenvalue weighted by Crippen LogP contribution is -2.41. The Morgan fingerprint density at radius 1 is 1.11 bits per heavy atom. The number of carbonyl (C=O) groups is 2. The molecule has 5 atom stereocenters. The molecule has 2 bridgehead atoms. The van der Waals surface area contributed by atoms with Crippen LogP contribution in [0.15, 0.2) is 48.5 Å². The van der Waals surface area contributed by atoms with Crippen LogP contribution in [0.3, 0.4) is 0 Å². The zero-order valence-electron chi connectivity index (χ0n) is 20.6. The minimum Gasteiger partial charge on any atom is -0.356 e. The molecule has 2 amide bonds. The van der Waals surface area contributed by atoms with Crippen molar-refractivity contribution in [3.8, 4) is 0 Å². The molecule has 2 N–H and O–H groups in total. The minimum atomic E-state index is -0.245. The Bertz CT molecular complexity index is 1380. The maximum Gasteiger partial charge on any atom is 0.251 e. The summed E-state index contributed by atoms with van der Waals surface area (Å²) >= 11 is 6.00. The van der Waals surface area contributed by atoms with E-state index in [1.165, 1.54) is 30.2 Å². The Hall–Kier alpha value is -2.79. The third kappa shape index (κ3) is 3.21. The normalized spacial score (nSPS) is 32.2. The number of hydrogen-bond acceptors (Lipinski definition) is 2. The van der Waals surface area contributed by atoms with Gasteiger partial charge in [0.1, 0.15) is 5.88 Å². The summed E-state index contributed by atoms with van der Waals surface area (Å²) in [5.74, 6) is 1.45. The van der Waals surface area contributed by atoms with Crippen molar-refractivity contribution in [2.24, 2.45) is 17.3 Å². The van der Waals surface area contributed by atoms with Crippen molar-refractivity contribution < 1.29 is 9.59 Å². The molecule has 7 rings (SSSR count). The highest BCUT2D eigenvalue weighted by atomic mass is 35.5. The molecule has 2 heterocycles. The van der Waals surface area contributed by atoms with Gasteiger partial charge in [0.25, 0.3) is 5.91 Å². The molecule has 3 saturated carbocycles. The lowest BCUT2D eigenvalue weighted by atomic mass is 9.77. The Morgan fingerprint density at radius 3 is 2.72 bits per heavy atom. The van der Waals surface area contributed by atoms with Crippen molar-refractivity contribution in [3.05, 3.63) is 70.9 Å². The fourth-order valence-corrected chi connectivity index (χ4v) is 8.46. The smallest absolute Gasteiger partial charge is 0.251 e. The monoisotopic (exact) mass is 501 g/mol. The average Bonchev–Trinajstić information content (AvgIpc) is 3.16. The summed E-state index contributed by atoms with van der Waals surface area (Å²) in [4.78, 5) is 31.6. The number of fused-ring (bicyclic) bond motifs is 4. The number of nitrogens with one attached hydrogen (secondary N) is 2. The fraction of sp³-hybridized carbons (Fsp3) is 0.467. The number of rotatable bonds is 4. The summed E-state index contributed by atoms with van der Waals surface area (Å²) in [5.41, 5.74) is 5.43. The van der Waals surface area contributed by atoms with Crippen molar-refractivity contribution in [1.29, 1.82) is 0 Å². The van der Waals surface area contributed by atoms with E-state index in [1.807, 2.05) is 35.2 Å². The van der Waals surface area contributed by atoms with Crippen molar-refractivity contribution in [2.75, 3.05) is 12.4 Å². The Balaban J connectivity index is 1.18. The maximum atomic E-state index is 13.3. The minimum absolute atomic E-state index is 0.0182. The van der Waals surface area contributed by atoms with E-state index < -0.39 is 0 Å². The van der Waals surface area contributed by atoms with E-state index >= 15 is 0 Å². The van der Waals surface area contributed by atoms with Gasteiger partial charge in [-0.3, -0.25) is 9.59 Å². The van der Waals surface area contributed by atoms with Crippen LogP contribution in [0.4, 0.5) is 0 Å². The van der Waals surface area contributed by atoms with Crippen LogP contribution in [-0.4, -0.2) is 39.7 Å². The summed E-state index contributed by atoms with van der Waals surface area (Å²) in [5, 5.41) is 4.68. The number of amides is 2. The van der Waals surface area contributed by atoms with Crippen LogP contribution in [0.1, 0.15) is 72.2 Å². The van der Waals surface area contributed by atoms with Crippen LogP contribution in [0.2, 0.25) is 0 Å². The van der Waals surface area contributed by atoms with Crippen molar-refractivity contribution in [3.63, 3.8) is 0 Å². The van der Waals surface area contributed by atoms with E-state index in [1.54, 1.807) is 0 Å². The quantitative estimate of drug-likeness (QED) is 0.458. The van der Waals surface area contributed by atoms with Gasteiger partial charge in [0.2, 0.25) is 5.91 Å². The van der Waals surface area contributed by atoms with Gasteiger partial charge < -0.3 is 15.2 Å². The first-order valence-electron chi connectivity index (χ1n) is 13.3. The molecule has 1 aliphatic heterocycles. The van der Waals surface area contributed by atoms with Gasteiger partial charge in [0.15, 0.2) is 0 Å². The van der Waals surface area contributed by atoms with E-state index in [4.69, 9.17) is 11.6 Å². The fourth-order valence-electron chi connectivity index (χ4n) is 8.31. The molecule has 1 spiro atoms. The largest absolute Gasteiger partial charge is 0.356 e. The lowest BCUT2D eigenvalue weighted by Gasteiger charge is -2.36. The summed E-state index contributed by atoms with van der Waals surface area (Å²) in [6.45, 7) is 2.99. The third-order valence-corrected chi connectivity index (χ3v) is 9.86. The topological polar surface area (TPSA) is 65.2 Å². The van der Waals surface area contributed by atoms with Gasteiger partial charge in [0.05, 0.1) is 6.04 Å². The molecule has 4 aliphatic rings. The molecule has 186 valence electrons. The standard InChI is InChI=1S/C30H32ClN3O2/c1-18-12-19-14-29(13-18)17-30(29,15-19)33-28(36)21-8-6-20(7-9-21)27-26-23(10-11-34(27)25(35)16-31)22-4-2-3-5-24(22)32-26/h2-9,18-19,27,32H,10-17H2,1H3,(H,33,36). The second-order valence-corrected chi connectivity index (χ2v) is 12.1. The molecule has 36 heavy (non-hydrogen) atoms. The molecule has 2 aromatic carbocycles. The second kappa shape index (κ2) is 7.85. The molecular formula is C30H32ClN3O2. The summed E-state index contributed by atoms with van der Waals surface area (Å²) in [6, 6.07) is 15.9. The van der Waals surface area contributed by atoms with Gasteiger partial charge >= 0.3 is 0 Å². The van der Waals surface area contributed by atoms with Crippen molar-refractivity contribution >= 4 is 34.3 Å². The van der Waals surface area contributed by atoms with Crippen LogP contribution in [0.5, 0.6) is 0 Å². The van der Waals surface area contributed by atoms with E-state index in [2.05, 4.69) is 35.4 Å². The molecule has 3 aliphatic carbocycles. The van der Waals surface area contributed by atoms with Gasteiger partial charge in [-0.1, -0.05) is 37.3 Å². The highest BCUT2D eigenvalue weighted by Gasteiger charge is 2.73. The molecular weight excluding hydrogens is 470 g/mol. The second-order valence-electron chi connectivity index (χ2n) is 11.9. The van der Waals surface area contributed by atoms with Crippen LogP contribution >= 0.6 is 11.6 Å². The molecule has 5 nitrogen and oxygen atoms in total. The number of alkyl halides is 1. The molecule has 5 unspecified atom stereocenters. The molecule has 0 saturated heterocycles. The first kappa shape index (κ1) is 22.4. The summed E-state index contributed by atoms with van der Waals surface area (Å²) in [7, 11) is 0. The first-order chi connectivity index (χ1) is 17.4. The number of para-hydroxylation sites is 1. The first-order valence-corrected chi connectivity index (χ1v) is 13.8. The van der Waals surface area contributed by atoms with Gasteiger partial charge in [0, 0.05) is 34.2 Å². The van der Waals surface area contributed by atoms with E-state index in [9.17, 15) is 9.59 Å². The molecule has 6 heteroatoms. The Morgan fingerprint density at radius 2 is 1.92 bits per heavy atom. The number of aromatic amines is 1. The predicted octanol–water partition coefficient (Wildman–Crippen LogP) is 5.58. The number of carbonyl (C=O) groups excluding carboxylic acids is 2. The van der Waals surface area contributed by atoms with Crippen LogP contribution in [-0.2, 0) is 11.2 Å². The third-order valence-electron chi connectivity index (χ3n) is 9.63. The van der Waals surface area contributed by atoms with Gasteiger partial charge in [-0.2, -0.15) is 0 Å². The van der Waals surface area contributed by atoms with Gasteiger partial charge in [-0.05, 0) is 85.1 Å². The van der Waals surface area contributed by atoms with Crippen LogP contribution in [0, 0.1) is 17.3 Å². The predicted molar refractivity (Wildman–Crippen MR) is 141 cm³/mol. The van der Waals surface area contributed by atoms with E-state index in [-0.39, 0.29) is 29.3 Å². The number of halogens is 1. The molecule has 3 fully saturated rings. The lowest BCUT2D eigenvalue weighted by molar-refractivity contribution is -0.130. The van der Waals surface area contributed by atoms with E-state index in [0.717, 1.165) is 47.9 Å². The van der Waals surface area contributed by atoms with Crippen LogP contribution < -0.4 is 5.32 Å². The summed E-state index contributed by atoms with van der Waals surface area (Å²) < 4.78 is 0. The Kier molecular flexibility index (Phi) is 4.89. The summed E-state index contributed by atoms with van der Waals surface area (Å²) in [6.07, 6.45) is 6.93. The van der Waals surface area contributed by atoms with Crippen LogP contribution in [0.25, 0.3) is 10.9 Å². The molecule has 3 aromatic rings. The van der Waals surface area contributed by atoms with Gasteiger partial charge in [-0.25, -0.2) is 0 Å². The number of nitrogens with zero attached hydrogens (tertiary/aromatic N) is 1. The van der Waals surface area contributed by atoms with E-state index in [0.29, 0.717) is 17.5 Å². The maximum absolute atomic E-state index is 13.3. The molecule has 0 radical (unpaired) electrons. The number of aromatic nitrogens is 1. The highest BCUT2D eigenvalue weighted by Crippen LogP contribution is 2.74. The SMILES string of the molecule is CC1CC2CC3(C1)CC3(NC(=O)c1ccc(C3c4[nH]c5ccccc5c4CCN3C(=O)CCl)cc1)C2.